The monoisotopic (exact) mass is 282 g/mol. The van der Waals surface area contributed by atoms with Gasteiger partial charge in [-0.1, -0.05) is 60.7 Å². The third kappa shape index (κ3) is 3.70. The maximum absolute atomic E-state index is 12.5. The minimum atomic E-state index is -0.609. The van der Waals surface area contributed by atoms with Crippen LogP contribution in [0.2, 0.25) is 0 Å². The van der Waals surface area contributed by atoms with Crippen LogP contribution < -0.4 is 10.6 Å². The summed E-state index contributed by atoms with van der Waals surface area (Å²) in [5.74, 6) is -0.0253. The van der Waals surface area contributed by atoms with E-state index in [-0.39, 0.29) is 11.9 Å². The molecule has 21 heavy (non-hydrogen) atoms. The van der Waals surface area contributed by atoms with Crippen LogP contribution in [0.25, 0.3) is 0 Å². The Morgan fingerprint density at radius 1 is 0.905 bits per heavy atom. The maximum atomic E-state index is 12.5. The molecule has 1 amide bonds. The van der Waals surface area contributed by atoms with Gasteiger partial charge >= 0.3 is 0 Å². The van der Waals surface area contributed by atoms with E-state index in [0.717, 1.165) is 11.1 Å². The van der Waals surface area contributed by atoms with Crippen LogP contribution in [0, 0.1) is 0 Å². The van der Waals surface area contributed by atoms with Crippen LogP contribution in [0.1, 0.15) is 31.0 Å². The Labute approximate surface area is 126 Å². The first kappa shape index (κ1) is 15.3. The topological polar surface area (TPSA) is 41.1 Å². The minimum absolute atomic E-state index is 0.0253. The van der Waals surface area contributed by atoms with E-state index in [1.807, 2.05) is 74.5 Å². The van der Waals surface area contributed by atoms with Gasteiger partial charge in [-0.25, -0.2) is 0 Å². The Balaban J connectivity index is 2.32. The van der Waals surface area contributed by atoms with Crippen LogP contribution in [0.3, 0.4) is 0 Å². The first-order valence-electron chi connectivity index (χ1n) is 7.14. The van der Waals surface area contributed by atoms with Gasteiger partial charge in [-0.3, -0.25) is 4.79 Å². The molecule has 2 N–H and O–H groups in total. The molecule has 0 saturated heterocycles. The van der Waals surface area contributed by atoms with Gasteiger partial charge in [0.15, 0.2) is 0 Å². The number of rotatable bonds is 5. The fourth-order valence-corrected chi connectivity index (χ4v) is 2.08. The van der Waals surface area contributed by atoms with Crippen molar-refractivity contribution >= 4 is 5.91 Å². The fourth-order valence-electron chi connectivity index (χ4n) is 2.08. The number of benzene rings is 2. The standard InChI is InChI=1S/C18H22N2O/c1-18(2,19-3)17(21)20-16(14-10-6-4-7-11-14)15-12-8-5-9-13-15/h4-13,16,19H,1-3H3,(H,20,21). The average Bonchev–Trinajstić information content (AvgIpc) is 2.54. The molecule has 3 heteroatoms. The van der Waals surface area contributed by atoms with Crippen LogP contribution in [-0.4, -0.2) is 18.5 Å². The maximum Gasteiger partial charge on any atom is 0.240 e. The van der Waals surface area contributed by atoms with E-state index in [1.54, 1.807) is 7.05 Å². The van der Waals surface area contributed by atoms with Crippen LogP contribution in [0.4, 0.5) is 0 Å². The van der Waals surface area contributed by atoms with E-state index in [4.69, 9.17) is 0 Å². The van der Waals surface area contributed by atoms with E-state index in [2.05, 4.69) is 10.6 Å². The molecule has 0 saturated carbocycles. The molecular weight excluding hydrogens is 260 g/mol. The first-order valence-corrected chi connectivity index (χ1v) is 7.14. The van der Waals surface area contributed by atoms with E-state index in [0.29, 0.717) is 0 Å². The predicted octanol–water partition coefficient (Wildman–Crippen LogP) is 2.89. The summed E-state index contributed by atoms with van der Waals surface area (Å²) in [5, 5.41) is 6.18. The lowest BCUT2D eigenvalue weighted by Crippen LogP contribution is -2.52. The second-order valence-corrected chi connectivity index (χ2v) is 5.60. The zero-order valence-corrected chi connectivity index (χ0v) is 12.8. The van der Waals surface area contributed by atoms with Gasteiger partial charge in [0.2, 0.25) is 5.91 Å². The highest BCUT2D eigenvalue weighted by molar-refractivity contribution is 5.86. The number of amides is 1. The zero-order chi connectivity index (χ0) is 15.3. The van der Waals surface area contributed by atoms with Crippen molar-refractivity contribution in [3.05, 3.63) is 71.8 Å². The summed E-state index contributed by atoms with van der Waals surface area (Å²) in [6, 6.07) is 19.9. The van der Waals surface area contributed by atoms with Crippen molar-refractivity contribution in [3.8, 4) is 0 Å². The van der Waals surface area contributed by atoms with E-state index in [9.17, 15) is 4.79 Å². The Morgan fingerprint density at radius 3 is 1.71 bits per heavy atom. The lowest BCUT2D eigenvalue weighted by Gasteiger charge is -2.27. The number of hydrogen-bond acceptors (Lipinski definition) is 2. The number of carbonyl (C=O) groups is 1. The quantitative estimate of drug-likeness (QED) is 0.885. The van der Waals surface area contributed by atoms with Crippen molar-refractivity contribution in [2.45, 2.75) is 25.4 Å². The SMILES string of the molecule is CNC(C)(C)C(=O)NC(c1ccccc1)c1ccccc1. The van der Waals surface area contributed by atoms with Crippen molar-refractivity contribution in [2.75, 3.05) is 7.05 Å². The highest BCUT2D eigenvalue weighted by atomic mass is 16.2. The molecule has 0 aliphatic heterocycles. The lowest BCUT2D eigenvalue weighted by atomic mass is 9.96. The van der Waals surface area contributed by atoms with Crippen molar-refractivity contribution in [1.82, 2.24) is 10.6 Å². The number of likely N-dealkylation sites (N-methyl/N-ethyl adjacent to an activating group) is 1. The molecular formula is C18H22N2O. The molecule has 0 aliphatic rings. The molecule has 2 aromatic carbocycles. The molecule has 0 fully saturated rings. The van der Waals surface area contributed by atoms with Crippen LogP contribution in [0.5, 0.6) is 0 Å². The Morgan fingerprint density at radius 2 is 1.33 bits per heavy atom. The van der Waals surface area contributed by atoms with Crippen LogP contribution >= 0.6 is 0 Å². The summed E-state index contributed by atoms with van der Waals surface area (Å²) >= 11 is 0. The summed E-state index contributed by atoms with van der Waals surface area (Å²) in [7, 11) is 1.79. The molecule has 2 aromatic rings. The number of carbonyl (C=O) groups excluding carboxylic acids is 1. The van der Waals surface area contributed by atoms with E-state index in [1.165, 1.54) is 0 Å². The summed E-state index contributed by atoms with van der Waals surface area (Å²) in [4.78, 5) is 12.5. The Bertz CT molecular complexity index is 539. The third-order valence-electron chi connectivity index (χ3n) is 3.73. The third-order valence-corrected chi connectivity index (χ3v) is 3.73. The minimum Gasteiger partial charge on any atom is -0.344 e. The first-order chi connectivity index (χ1) is 10.0. The van der Waals surface area contributed by atoms with Crippen molar-refractivity contribution in [3.63, 3.8) is 0 Å². The highest BCUT2D eigenvalue weighted by Gasteiger charge is 2.28. The number of hydrogen-bond donors (Lipinski definition) is 2. The molecule has 0 unspecified atom stereocenters. The molecule has 2 rings (SSSR count). The molecule has 0 aliphatic carbocycles. The molecule has 110 valence electrons. The second kappa shape index (κ2) is 6.55. The predicted molar refractivity (Wildman–Crippen MR) is 86.0 cm³/mol. The van der Waals surface area contributed by atoms with Crippen LogP contribution in [-0.2, 0) is 4.79 Å². The summed E-state index contributed by atoms with van der Waals surface area (Å²) in [6.45, 7) is 3.74. The van der Waals surface area contributed by atoms with Gasteiger partial charge in [-0.2, -0.15) is 0 Å². The van der Waals surface area contributed by atoms with E-state index >= 15 is 0 Å². The van der Waals surface area contributed by atoms with Gasteiger partial charge in [0.1, 0.15) is 0 Å². The molecule has 3 nitrogen and oxygen atoms in total. The second-order valence-electron chi connectivity index (χ2n) is 5.60. The smallest absolute Gasteiger partial charge is 0.240 e. The normalized spacial score (nSPS) is 11.4. The zero-order valence-electron chi connectivity index (χ0n) is 12.8. The van der Waals surface area contributed by atoms with E-state index < -0.39 is 5.54 Å². The lowest BCUT2D eigenvalue weighted by molar-refractivity contribution is -0.126. The van der Waals surface area contributed by atoms with Crippen molar-refractivity contribution < 1.29 is 4.79 Å². The molecule has 0 heterocycles. The van der Waals surface area contributed by atoms with Gasteiger partial charge < -0.3 is 10.6 Å². The van der Waals surface area contributed by atoms with Crippen molar-refractivity contribution in [2.24, 2.45) is 0 Å². The van der Waals surface area contributed by atoms with Crippen molar-refractivity contribution in [1.29, 1.82) is 0 Å². The average molecular weight is 282 g/mol. The van der Waals surface area contributed by atoms with Gasteiger partial charge in [0.25, 0.3) is 0 Å². The summed E-state index contributed by atoms with van der Waals surface area (Å²) in [5.41, 5.74) is 1.54. The molecule has 0 atom stereocenters. The Hall–Kier alpha value is -2.13. The molecule has 0 spiro atoms. The van der Waals surface area contributed by atoms with Gasteiger partial charge in [0.05, 0.1) is 11.6 Å². The largest absolute Gasteiger partial charge is 0.344 e. The van der Waals surface area contributed by atoms with Gasteiger partial charge in [-0.05, 0) is 32.0 Å². The summed E-state index contributed by atoms with van der Waals surface area (Å²) < 4.78 is 0. The molecule has 0 aromatic heterocycles. The Kier molecular flexibility index (Phi) is 4.76. The van der Waals surface area contributed by atoms with Gasteiger partial charge in [0, 0.05) is 0 Å². The fraction of sp³-hybridized carbons (Fsp3) is 0.278. The highest BCUT2D eigenvalue weighted by Crippen LogP contribution is 2.22. The molecule has 0 radical (unpaired) electrons. The van der Waals surface area contributed by atoms with Crippen LogP contribution in [0.15, 0.2) is 60.7 Å². The molecule has 0 bridgehead atoms. The number of nitrogens with one attached hydrogen (secondary N) is 2. The van der Waals surface area contributed by atoms with Gasteiger partial charge in [-0.15, -0.1) is 0 Å². The summed E-state index contributed by atoms with van der Waals surface area (Å²) in [6.07, 6.45) is 0.